The van der Waals surface area contributed by atoms with Crippen LogP contribution in [0.2, 0.25) is 0 Å². The van der Waals surface area contributed by atoms with E-state index in [4.69, 9.17) is 0 Å². The molecule has 3 N–H and O–H groups in total. The number of anilines is 1. The number of hydrogen-bond donors (Lipinski definition) is 3. The van der Waals surface area contributed by atoms with E-state index >= 15 is 0 Å². The normalized spacial score (nSPS) is 11.7. The van der Waals surface area contributed by atoms with E-state index in [0.717, 1.165) is 11.1 Å². The maximum Gasteiger partial charge on any atom is 0.326 e. The number of aliphatic carboxylic acids is 1. The molecule has 3 rings (SSSR count). The van der Waals surface area contributed by atoms with Gasteiger partial charge in [0.15, 0.2) is 0 Å². The van der Waals surface area contributed by atoms with Crippen LogP contribution < -0.4 is 5.32 Å². The number of benzene rings is 2. The highest BCUT2D eigenvalue weighted by Crippen LogP contribution is 2.21. The van der Waals surface area contributed by atoms with Crippen molar-refractivity contribution >= 4 is 11.8 Å². The van der Waals surface area contributed by atoms with E-state index in [1.807, 2.05) is 30.3 Å². The van der Waals surface area contributed by atoms with Crippen LogP contribution in [-0.2, 0) is 11.2 Å². The fraction of sp³-hybridized carbons (Fsp3) is 0.105. The molecule has 0 bridgehead atoms. The van der Waals surface area contributed by atoms with Gasteiger partial charge in [-0.25, -0.2) is 14.8 Å². The molecule has 126 valence electrons. The minimum absolute atomic E-state index is 0.171. The second-order valence-corrected chi connectivity index (χ2v) is 5.56. The third-order valence-electron chi connectivity index (χ3n) is 3.73. The molecule has 2 aromatic carbocycles. The van der Waals surface area contributed by atoms with Crippen molar-refractivity contribution in [3.63, 3.8) is 0 Å². The van der Waals surface area contributed by atoms with Crippen molar-refractivity contribution in [2.45, 2.75) is 12.5 Å². The van der Waals surface area contributed by atoms with Crippen molar-refractivity contribution in [3.8, 4) is 17.0 Å². The van der Waals surface area contributed by atoms with E-state index in [1.54, 1.807) is 30.3 Å². The van der Waals surface area contributed by atoms with Gasteiger partial charge in [-0.2, -0.15) is 0 Å². The highest BCUT2D eigenvalue weighted by Gasteiger charge is 2.18. The number of nitrogens with one attached hydrogen (secondary N) is 1. The molecule has 0 aliphatic rings. The summed E-state index contributed by atoms with van der Waals surface area (Å²) in [5, 5.41) is 21.8. The van der Waals surface area contributed by atoms with Gasteiger partial charge in [-0.05, 0) is 29.8 Å². The maximum absolute atomic E-state index is 11.6. The van der Waals surface area contributed by atoms with Gasteiger partial charge in [0.25, 0.3) is 0 Å². The van der Waals surface area contributed by atoms with Crippen LogP contribution in [0.5, 0.6) is 5.75 Å². The van der Waals surface area contributed by atoms with E-state index in [9.17, 15) is 15.0 Å². The van der Waals surface area contributed by atoms with Gasteiger partial charge in [0.1, 0.15) is 23.9 Å². The minimum Gasteiger partial charge on any atom is -0.508 e. The summed E-state index contributed by atoms with van der Waals surface area (Å²) >= 11 is 0. The van der Waals surface area contributed by atoms with Crippen molar-refractivity contribution in [1.29, 1.82) is 0 Å². The molecule has 0 amide bonds. The van der Waals surface area contributed by atoms with Crippen molar-refractivity contribution in [1.82, 2.24) is 9.97 Å². The Hall–Kier alpha value is -3.41. The van der Waals surface area contributed by atoms with Gasteiger partial charge in [-0.15, -0.1) is 0 Å². The summed E-state index contributed by atoms with van der Waals surface area (Å²) < 4.78 is 0. The topological polar surface area (TPSA) is 95.3 Å². The van der Waals surface area contributed by atoms with E-state index in [-0.39, 0.29) is 5.75 Å². The molecule has 0 saturated carbocycles. The van der Waals surface area contributed by atoms with Crippen LogP contribution in [0.4, 0.5) is 5.82 Å². The molecule has 1 heterocycles. The molecule has 0 aliphatic carbocycles. The van der Waals surface area contributed by atoms with Gasteiger partial charge in [-0.3, -0.25) is 0 Å². The predicted molar refractivity (Wildman–Crippen MR) is 94.3 cm³/mol. The van der Waals surface area contributed by atoms with Crippen LogP contribution >= 0.6 is 0 Å². The van der Waals surface area contributed by atoms with Crippen molar-refractivity contribution in [2.75, 3.05) is 5.32 Å². The molecule has 6 nitrogen and oxygen atoms in total. The second kappa shape index (κ2) is 7.44. The zero-order valence-corrected chi connectivity index (χ0v) is 13.3. The molecule has 25 heavy (non-hydrogen) atoms. The third-order valence-corrected chi connectivity index (χ3v) is 3.73. The number of hydrogen-bond acceptors (Lipinski definition) is 5. The van der Waals surface area contributed by atoms with Crippen LogP contribution in [-0.4, -0.2) is 32.2 Å². The first kappa shape index (κ1) is 16.4. The van der Waals surface area contributed by atoms with Gasteiger partial charge in [0.2, 0.25) is 0 Å². The number of aromatic nitrogens is 2. The van der Waals surface area contributed by atoms with E-state index < -0.39 is 12.0 Å². The first-order valence-corrected chi connectivity index (χ1v) is 7.76. The van der Waals surface area contributed by atoms with Crippen molar-refractivity contribution < 1.29 is 15.0 Å². The molecule has 0 saturated heterocycles. The fourth-order valence-corrected chi connectivity index (χ4v) is 2.45. The Morgan fingerprint density at radius 3 is 2.44 bits per heavy atom. The lowest BCUT2D eigenvalue weighted by Gasteiger charge is -2.15. The minimum atomic E-state index is -0.950. The quantitative estimate of drug-likeness (QED) is 0.641. The molecule has 6 heteroatoms. The lowest BCUT2D eigenvalue weighted by Crippen LogP contribution is -2.31. The van der Waals surface area contributed by atoms with Crippen LogP contribution in [0, 0.1) is 0 Å². The van der Waals surface area contributed by atoms with Gasteiger partial charge >= 0.3 is 5.97 Å². The lowest BCUT2D eigenvalue weighted by atomic mass is 10.1. The summed E-state index contributed by atoms with van der Waals surface area (Å²) in [5.41, 5.74) is 2.37. The van der Waals surface area contributed by atoms with E-state index in [1.165, 1.54) is 6.33 Å². The summed E-state index contributed by atoms with van der Waals surface area (Å²) in [6.07, 6.45) is 1.72. The molecular weight excluding hydrogens is 318 g/mol. The molecule has 1 aromatic heterocycles. The zero-order valence-electron chi connectivity index (χ0n) is 13.3. The Labute approximate surface area is 144 Å². The molecule has 3 aromatic rings. The zero-order chi connectivity index (χ0) is 17.6. The number of carboxylic acid groups (broad SMARTS) is 1. The largest absolute Gasteiger partial charge is 0.508 e. The molecule has 0 radical (unpaired) electrons. The van der Waals surface area contributed by atoms with Crippen LogP contribution in [0.3, 0.4) is 0 Å². The average molecular weight is 335 g/mol. The number of phenolic OH excluding ortho intramolecular Hbond substituents is 1. The van der Waals surface area contributed by atoms with E-state index in [2.05, 4.69) is 15.3 Å². The van der Waals surface area contributed by atoms with Crippen LogP contribution in [0.1, 0.15) is 5.56 Å². The molecule has 1 atom stereocenters. The van der Waals surface area contributed by atoms with Crippen LogP contribution in [0.15, 0.2) is 67.0 Å². The highest BCUT2D eigenvalue weighted by molar-refractivity contribution is 5.77. The number of aromatic hydroxyl groups is 1. The first-order valence-electron chi connectivity index (χ1n) is 7.76. The summed E-state index contributed by atoms with van der Waals surface area (Å²) in [6, 6.07) is 16.9. The number of nitrogens with zero attached hydrogens (tertiary/aromatic N) is 2. The van der Waals surface area contributed by atoms with Crippen LogP contribution in [0.25, 0.3) is 11.3 Å². The maximum atomic E-state index is 11.6. The molecule has 0 fully saturated rings. The standard InChI is InChI=1S/C19H17N3O3/c23-15-8-6-14(7-9-15)16-11-18(21-12-20-16)22-17(19(24)25)10-13-4-2-1-3-5-13/h1-9,11-12,17,23H,10H2,(H,24,25)(H,20,21,22)/t17-/m0/s1. The van der Waals surface area contributed by atoms with Crippen molar-refractivity contribution in [3.05, 3.63) is 72.6 Å². The molecular formula is C19H17N3O3. The number of rotatable bonds is 6. The summed E-state index contributed by atoms with van der Waals surface area (Å²) in [5.74, 6) is -0.347. The van der Waals surface area contributed by atoms with E-state index in [0.29, 0.717) is 17.9 Å². The highest BCUT2D eigenvalue weighted by atomic mass is 16.4. The summed E-state index contributed by atoms with van der Waals surface area (Å²) in [6.45, 7) is 0. The Kier molecular flexibility index (Phi) is 4.89. The van der Waals surface area contributed by atoms with Gasteiger partial charge in [-0.1, -0.05) is 30.3 Å². The molecule has 0 spiro atoms. The number of phenols is 1. The number of carboxylic acids is 1. The van der Waals surface area contributed by atoms with Gasteiger partial charge in [0.05, 0.1) is 5.69 Å². The smallest absolute Gasteiger partial charge is 0.326 e. The van der Waals surface area contributed by atoms with Gasteiger partial charge in [0, 0.05) is 18.1 Å². The Morgan fingerprint density at radius 1 is 1.04 bits per heavy atom. The van der Waals surface area contributed by atoms with Gasteiger partial charge < -0.3 is 15.5 Å². The Morgan fingerprint density at radius 2 is 1.76 bits per heavy atom. The molecule has 0 aliphatic heterocycles. The number of carbonyl (C=O) groups is 1. The summed E-state index contributed by atoms with van der Waals surface area (Å²) in [7, 11) is 0. The fourth-order valence-electron chi connectivity index (χ4n) is 2.45. The third kappa shape index (κ3) is 4.32. The lowest BCUT2D eigenvalue weighted by molar-refractivity contribution is -0.137. The SMILES string of the molecule is O=C(O)[C@H](Cc1ccccc1)Nc1cc(-c2ccc(O)cc2)ncn1. The Balaban J connectivity index is 1.79. The summed E-state index contributed by atoms with van der Waals surface area (Å²) in [4.78, 5) is 19.9. The first-order chi connectivity index (χ1) is 12.1. The average Bonchev–Trinajstić information content (AvgIpc) is 2.63. The monoisotopic (exact) mass is 335 g/mol. The van der Waals surface area contributed by atoms with Crippen molar-refractivity contribution in [2.24, 2.45) is 0 Å². The molecule has 0 unspecified atom stereocenters. The second-order valence-electron chi connectivity index (χ2n) is 5.56. The Bertz CT molecular complexity index is 851. The predicted octanol–water partition coefficient (Wildman–Crippen LogP) is 2.96.